The summed E-state index contributed by atoms with van der Waals surface area (Å²) in [7, 11) is 0. The number of anilines is 1. The number of nitrogens with two attached hydrogens (primary N) is 2. The second-order valence-electron chi connectivity index (χ2n) is 4.94. The number of hydrogen-bond acceptors (Lipinski definition) is 5. The zero-order chi connectivity index (χ0) is 15.7. The Morgan fingerprint density at radius 2 is 2.00 bits per heavy atom. The molecule has 0 radical (unpaired) electrons. The molecule has 3 rings (SSSR count). The second kappa shape index (κ2) is 6.12. The van der Waals surface area contributed by atoms with E-state index in [1.807, 2.05) is 41.8 Å². The Kier molecular flexibility index (Phi) is 4.19. The molecule has 22 heavy (non-hydrogen) atoms. The molecule has 5 nitrogen and oxygen atoms in total. The number of para-hydroxylation sites is 1. The van der Waals surface area contributed by atoms with E-state index >= 15 is 0 Å². The van der Waals surface area contributed by atoms with Crippen molar-refractivity contribution in [3.8, 4) is 0 Å². The number of rotatable bonds is 3. The van der Waals surface area contributed by atoms with Gasteiger partial charge in [0.2, 0.25) is 11.8 Å². The first-order chi connectivity index (χ1) is 10.6. The molecular formula is C15H15N3O2S2. The van der Waals surface area contributed by atoms with Crippen LogP contribution in [-0.2, 0) is 9.59 Å². The Morgan fingerprint density at radius 1 is 1.23 bits per heavy atom. The monoisotopic (exact) mass is 333 g/mol. The lowest BCUT2D eigenvalue weighted by Gasteiger charge is -2.24. The number of benzene rings is 1. The third-order valence-electron chi connectivity index (χ3n) is 3.42. The molecule has 0 aliphatic carbocycles. The topological polar surface area (TPSA) is 89.4 Å². The van der Waals surface area contributed by atoms with Gasteiger partial charge in [-0.05, 0) is 23.6 Å². The average Bonchev–Trinajstić information content (AvgIpc) is 3.00. The van der Waals surface area contributed by atoms with Gasteiger partial charge < -0.3 is 16.4 Å². The van der Waals surface area contributed by atoms with E-state index < -0.39 is 11.9 Å². The summed E-state index contributed by atoms with van der Waals surface area (Å²) in [6.07, 6.45) is 0. The predicted octanol–water partition coefficient (Wildman–Crippen LogP) is 1.74. The summed E-state index contributed by atoms with van der Waals surface area (Å²) in [4.78, 5) is 27.4. The highest BCUT2D eigenvalue weighted by molar-refractivity contribution is 8.00. The summed E-state index contributed by atoms with van der Waals surface area (Å²) in [6.45, 7) is -0.165. The molecule has 0 unspecified atom stereocenters. The summed E-state index contributed by atoms with van der Waals surface area (Å²) >= 11 is 3.12. The number of thiophene rings is 1. The number of thioether (sulfide) groups is 1. The van der Waals surface area contributed by atoms with Gasteiger partial charge in [-0.3, -0.25) is 9.59 Å². The SMILES string of the molecule is NC(=O)CN1C(=O)[C@H](N)[C@@H](c2cccs2)Sc2ccccc21. The Labute approximate surface area is 136 Å². The molecule has 0 bridgehead atoms. The first-order valence-corrected chi connectivity index (χ1v) is 8.48. The molecule has 1 aromatic carbocycles. The standard InChI is InChI=1S/C15H15N3O2S2/c16-12(19)8-18-9-4-1-2-5-10(9)22-14(13(17)15(18)20)11-6-3-7-21-11/h1-7,13-14H,8,17H2,(H2,16,19)/t13-,14-/m1/s1. The van der Waals surface area contributed by atoms with Gasteiger partial charge >= 0.3 is 0 Å². The number of primary amides is 1. The summed E-state index contributed by atoms with van der Waals surface area (Å²) < 4.78 is 0. The maximum atomic E-state index is 12.7. The van der Waals surface area contributed by atoms with Crippen molar-refractivity contribution >= 4 is 40.6 Å². The third kappa shape index (κ3) is 2.75. The highest BCUT2D eigenvalue weighted by atomic mass is 32.2. The number of carbonyl (C=O) groups is 2. The fraction of sp³-hybridized carbons (Fsp3) is 0.200. The average molecular weight is 333 g/mol. The quantitative estimate of drug-likeness (QED) is 0.895. The van der Waals surface area contributed by atoms with Crippen LogP contribution in [-0.4, -0.2) is 24.4 Å². The van der Waals surface area contributed by atoms with Crippen LogP contribution in [0.4, 0.5) is 5.69 Å². The van der Waals surface area contributed by atoms with Crippen molar-refractivity contribution in [1.29, 1.82) is 0 Å². The van der Waals surface area contributed by atoms with E-state index in [-0.39, 0.29) is 17.7 Å². The van der Waals surface area contributed by atoms with E-state index in [4.69, 9.17) is 11.5 Å². The molecule has 0 saturated carbocycles. The normalized spacial score (nSPS) is 21.3. The maximum absolute atomic E-state index is 12.7. The molecule has 4 N–H and O–H groups in total. The number of fused-ring (bicyclic) bond motifs is 1. The van der Waals surface area contributed by atoms with Crippen LogP contribution < -0.4 is 16.4 Å². The van der Waals surface area contributed by atoms with E-state index in [1.54, 1.807) is 23.1 Å². The molecule has 0 saturated heterocycles. The molecule has 1 aliphatic rings. The van der Waals surface area contributed by atoms with Crippen molar-refractivity contribution in [2.24, 2.45) is 11.5 Å². The summed E-state index contributed by atoms with van der Waals surface area (Å²) in [5.74, 6) is -0.843. The third-order valence-corrected chi connectivity index (χ3v) is 5.93. The Hall–Kier alpha value is -1.83. The number of nitrogens with zero attached hydrogens (tertiary/aromatic N) is 1. The minimum absolute atomic E-state index is 0.165. The van der Waals surface area contributed by atoms with Gasteiger partial charge in [-0.1, -0.05) is 18.2 Å². The fourth-order valence-corrected chi connectivity index (χ4v) is 4.68. The van der Waals surface area contributed by atoms with E-state index in [0.29, 0.717) is 5.69 Å². The predicted molar refractivity (Wildman–Crippen MR) is 88.9 cm³/mol. The van der Waals surface area contributed by atoms with E-state index in [9.17, 15) is 9.59 Å². The van der Waals surface area contributed by atoms with Crippen molar-refractivity contribution < 1.29 is 9.59 Å². The molecule has 0 fully saturated rings. The van der Waals surface area contributed by atoms with Gasteiger partial charge in [0.15, 0.2) is 0 Å². The first-order valence-electron chi connectivity index (χ1n) is 6.72. The van der Waals surface area contributed by atoms with Crippen LogP contribution in [0.2, 0.25) is 0 Å². The first kappa shape index (κ1) is 15.1. The van der Waals surface area contributed by atoms with E-state index in [0.717, 1.165) is 9.77 Å². The van der Waals surface area contributed by atoms with Crippen LogP contribution in [0.25, 0.3) is 0 Å². The molecule has 2 aromatic rings. The molecule has 1 aromatic heterocycles. The van der Waals surface area contributed by atoms with Gasteiger partial charge in [0.05, 0.1) is 10.9 Å². The van der Waals surface area contributed by atoms with Crippen LogP contribution >= 0.6 is 23.1 Å². The van der Waals surface area contributed by atoms with E-state index in [1.165, 1.54) is 4.90 Å². The van der Waals surface area contributed by atoms with Crippen molar-refractivity contribution in [3.05, 3.63) is 46.7 Å². The van der Waals surface area contributed by atoms with Crippen molar-refractivity contribution in [1.82, 2.24) is 0 Å². The van der Waals surface area contributed by atoms with E-state index in [2.05, 4.69) is 0 Å². The van der Waals surface area contributed by atoms with Crippen molar-refractivity contribution in [3.63, 3.8) is 0 Å². The van der Waals surface area contributed by atoms with Gasteiger partial charge in [-0.25, -0.2) is 0 Å². The molecule has 114 valence electrons. The highest BCUT2D eigenvalue weighted by Crippen LogP contribution is 2.46. The second-order valence-corrected chi connectivity index (χ2v) is 7.10. The van der Waals surface area contributed by atoms with Crippen molar-refractivity contribution in [2.75, 3.05) is 11.4 Å². The number of amides is 2. The zero-order valence-electron chi connectivity index (χ0n) is 11.6. The zero-order valence-corrected chi connectivity index (χ0v) is 13.3. The van der Waals surface area contributed by atoms with Crippen molar-refractivity contribution in [2.45, 2.75) is 16.2 Å². The Morgan fingerprint density at radius 3 is 2.68 bits per heavy atom. The maximum Gasteiger partial charge on any atom is 0.245 e. The summed E-state index contributed by atoms with van der Waals surface area (Å²) in [5.41, 5.74) is 12.2. The van der Waals surface area contributed by atoms with Gasteiger partial charge in [-0.2, -0.15) is 0 Å². The van der Waals surface area contributed by atoms with Crippen LogP contribution in [0.5, 0.6) is 0 Å². The summed E-state index contributed by atoms with van der Waals surface area (Å²) in [5, 5.41) is 1.79. The smallest absolute Gasteiger partial charge is 0.245 e. The van der Waals surface area contributed by atoms with Gasteiger partial charge in [-0.15, -0.1) is 23.1 Å². The van der Waals surface area contributed by atoms with Crippen LogP contribution in [0.3, 0.4) is 0 Å². The van der Waals surface area contributed by atoms with Gasteiger partial charge in [0.1, 0.15) is 12.6 Å². The summed E-state index contributed by atoms with van der Waals surface area (Å²) in [6, 6.07) is 10.7. The van der Waals surface area contributed by atoms with Gasteiger partial charge in [0.25, 0.3) is 0 Å². The lowest BCUT2D eigenvalue weighted by Crippen LogP contribution is -2.48. The molecule has 7 heteroatoms. The molecule has 1 aliphatic heterocycles. The number of carbonyl (C=O) groups excluding carboxylic acids is 2. The van der Waals surface area contributed by atoms with Crippen LogP contribution in [0.15, 0.2) is 46.7 Å². The Balaban J connectivity index is 2.07. The lowest BCUT2D eigenvalue weighted by molar-refractivity contribution is -0.123. The lowest BCUT2D eigenvalue weighted by atomic mass is 10.1. The van der Waals surface area contributed by atoms with Crippen LogP contribution in [0.1, 0.15) is 10.1 Å². The molecule has 2 amide bonds. The fourth-order valence-electron chi connectivity index (χ4n) is 2.43. The largest absolute Gasteiger partial charge is 0.368 e. The van der Waals surface area contributed by atoms with Gasteiger partial charge in [0, 0.05) is 9.77 Å². The molecular weight excluding hydrogens is 318 g/mol. The van der Waals surface area contributed by atoms with Crippen LogP contribution in [0, 0.1) is 0 Å². The minimum Gasteiger partial charge on any atom is -0.368 e. The molecule has 2 atom stereocenters. The highest BCUT2D eigenvalue weighted by Gasteiger charge is 2.36. The molecule has 2 heterocycles. The Bertz CT molecular complexity index is 703. The minimum atomic E-state index is -0.726. The molecule has 0 spiro atoms. The number of hydrogen-bond donors (Lipinski definition) is 2.